The fourth-order valence-corrected chi connectivity index (χ4v) is 5.72. The van der Waals surface area contributed by atoms with E-state index < -0.39 is 36.7 Å². The number of nitrogens with one attached hydrogen (secondary N) is 1. The number of nitrogens with zero attached hydrogens (tertiary/aromatic N) is 2. The van der Waals surface area contributed by atoms with Crippen molar-refractivity contribution in [2.45, 2.75) is 16.6 Å². The largest absolute Gasteiger partial charge is 0.696 e. The molecule has 2 atom stereocenters. The Balaban J connectivity index is 0.000000745. The molecule has 0 aliphatic rings. The van der Waals surface area contributed by atoms with Crippen LogP contribution < -0.4 is 25.7 Å². The molecule has 2 aromatic heterocycles. The van der Waals surface area contributed by atoms with Crippen LogP contribution in [0.15, 0.2) is 40.6 Å². The SMILES string of the molecule is N#Cc1cccc(C(NS(=O)(=O)c2cc3cc(OCCN)c(OCCN)cc3s2)O[P+](=O)O)n1.O=C(O)C(F)(F)F. The first-order valence-corrected chi connectivity index (χ1v) is 14.4. The van der Waals surface area contributed by atoms with Gasteiger partial charge >= 0.3 is 20.4 Å². The number of sulfonamides is 1. The summed E-state index contributed by atoms with van der Waals surface area (Å²) in [5.74, 6) is -1.98. The standard InChI is InChI=1S/C19H20N5O7PS2.C2HF3O2/c20-4-6-29-15-8-12-9-18(33-17(12)10-16(15)30-7-5-21)34(27,28)24-19(31-32(25)26)14-3-1-2-13(11-22)23-14;3-2(4,5)1(6)7/h1-3,8-10,19,24H,4-7,20-21H2;(H,6,7)/p+1. The molecule has 0 radical (unpaired) electrons. The second kappa shape index (κ2) is 15.0. The van der Waals surface area contributed by atoms with E-state index in [-0.39, 0.29) is 41.9 Å². The normalized spacial score (nSPS) is 12.6. The van der Waals surface area contributed by atoms with Crippen molar-refractivity contribution in [1.82, 2.24) is 9.71 Å². The molecule has 3 rings (SSSR count). The highest BCUT2D eigenvalue weighted by Crippen LogP contribution is 2.39. The Hall–Kier alpha value is -3.47. The number of hydrogen-bond acceptors (Lipinski definition) is 12. The fourth-order valence-electron chi connectivity index (χ4n) is 2.80. The van der Waals surface area contributed by atoms with E-state index in [0.29, 0.717) is 21.6 Å². The molecule has 3 aromatic rings. The third kappa shape index (κ3) is 10.1. The van der Waals surface area contributed by atoms with E-state index in [0.717, 1.165) is 11.3 Å². The van der Waals surface area contributed by atoms with E-state index in [2.05, 4.69) is 9.71 Å². The molecule has 7 N–H and O–H groups in total. The van der Waals surface area contributed by atoms with E-state index in [1.54, 1.807) is 12.1 Å². The summed E-state index contributed by atoms with van der Waals surface area (Å²) in [5.41, 5.74) is 10.9. The molecule has 0 amide bonds. The molecule has 0 aliphatic carbocycles. The number of halogens is 3. The van der Waals surface area contributed by atoms with Gasteiger partial charge in [-0.15, -0.1) is 16.2 Å². The Kier molecular flexibility index (Phi) is 12.3. The summed E-state index contributed by atoms with van der Waals surface area (Å²) in [5, 5.41) is 16.7. The predicted molar refractivity (Wildman–Crippen MR) is 138 cm³/mol. The molecule has 0 bridgehead atoms. The molecular weight excluding hydrogens is 618 g/mol. The van der Waals surface area contributed by atoms with Crippen LogP contribution >= 0.6 is 19.6 Å². The quantitative estimate of drug-likeness (QED) is 0.141. The molecule has 0 fully saturated rings. The van der Waals surface area contributed by atoms with Gasteiger partial charge < -0.3 is 26.0 Å². The zero-order chi connectivity index (χ0) is 30.8. The number of carboxylic acid groups (broad SMARTS) is 1. The topological polar surface area (TPSA) is 237 Å². The third-order valence-electron chi connectivity index (χ3n) is 4.43. The molecule has 0 saturated carbocycles. The van der Waals surface area contributed by atoms with Crippen molar-refractivity contribution >= 4 is 45.7 Å². The minimum Gasteiger partial charge on any atom is -0.488 e. The number of carbonyl (C=O) groups is 1. The minimum absolute atomic E-state index is 0.0182. The van der Waals surface area contributed by atoms with Gasteiger partial charge in [0, 0.05) is 28.4 Å². The van der Waals surface area contributed by atoms with Crippen LogP contribution in [0.2, 0.25) is 0 Å². The van der Waals surface area contributed by atoms with Crippen LogP contribution in [0.3, 0.4) is 0 Å². The van der Waals surface area contributed by atoms with Gasteiger partial charge in [-0.2, -0.15) is 23.2 Å². The number of nitrogens with two attached hydrogens (primary N) is 2. The predicted octanol–water partition coefficient (Wildman–Crippen LogP) is 2.12. The van der Waals surface area contributed by atoms with E-state index >= 15 is 0 Å². The number of pyridine rings is 1. The number of ether oxygens (including phenoxy) is 2. The van der Waals surface area contributed by atoms with Crippen LogP contribution in [0.25, 0.3) is 10.1 Å². The van der Waals surface area contributed by atoms with Gasteiger partial charge in [-0.3, -0.25) is 0 Å². The Morgan fingerprint density at radius 2 is 1.76 bits per heavy atom. The zero-order valence-electron chi connectivity index (χ0n) is 20.6. The van der Waals surface area contributed by atoms with Crippen molar-refractivity contribution in [3.05, 3.63) is 47.8 Å². The summed E-state index contributed by atoms with van der Waals surface area (Å²) in [6, 6.07) is 10.7. The number of hydrogen-bond donors (Lipinski definition) is 5. The van der Waals surface area contributed by atoms with E-state index in [4.69, 9.17) is 40.6 Å². The fraction of sp³-hybridized carbons (Fsp3) is 0.286. The number of thiophene rings is 1. The first-order valence-electron chi connectivity index (χ1n) is 11.0. The van der Waals surface area contributed by atoms with Gasteiger partial charge in [-0.05, 0) is 29.7 Å². The summed E-state index contributed by atoms with van der Waals surface area (Å²) < 4.78 is 88.0. The van der Waals surface area contributed by atoms with Gasteiger partial charge in [0.25, 0.3) is 10.0 Å². The summed E-state index contributed by atoms with van der Waals surface area (Å²) in [4.78, 5) is 22.1. The molecule has 14 nitrogen and oxygen atoms in total. The molecule has 1 aromatic carbocycles. The molecule has 2 heterocycles. The lowest BCUT2D eigenvalue weighted by Gasteiger charge is -2.12. The number of nitriles is 1. The average Bonchev–Trinajstić information content (AvgIpc) is 3.33. The minimum atomic E-state index is -5.08. The maximum atomic E-state index is 13.1. The third-order valence-corrected chi connectivity index (χ3v) is 7.79. The van der Waals surface area contributed by atoms with E-state index in [9.17, 15) is 31.0 Å². The lowest BCUT2D eigenvalue weighted by atomic mass is 10.2. The van der Waals surface area contributed by atoms with Crippen LogP contribution in [0, 0.1) is 11.3 Å². The van der Waals surface area contributed by atoms with Crippen molar-refractivity contribution in [3.8, 4) is 17.6 Å². The molecule has 0 aliphatic heterocycles. The van der Waals surface area contributed by atoms with Gasteiger partial charge in [0.1, 0.15) is 29.2 Å². The van der Waals surface area contributed by atoms with Crippen molar-refractivity contribution in [2.24, 2.45) is 11.5 Å². The Morgan fingerprint density at radius 3 is 2.27 bits per heavy atom. The van der Waals surface area contributed by atoms with Crippen molar-refractivity contribution in [1.29, 1.82) is 5.26 Å². The van der Waals surface area contributed by atoms with Gasteiger partial charge in [-0.25, -0.2) is 18.2 Å². The second-order valence-corrected chi connectivity index (χ2v) is 11.1. The van der Waals surface area contributed by atoms with Crippen LogP contribution in [-0.2, 0) is 23.9 Å². The second-order valence-electron chi connectivity index (χ2n) is 7.38. The Bertz CT molecular complexity index is 1490. The lowest BCUT2D eigenvalue weighted by molar-refractivity contribution is -0.192. The highest BCUT2D eigenvalue weighted by molar-refractivity contribution is 7.91. The van der Waals surface area contributed by atoms with Gasteiger partial charge in [0.05, 0.1) is 5.69 Å². The number of alkyl halides is 3. The van der Waals surface area contributed by atoms with E-state index in [1.165, 1.54) is 24.3 Å². The van der Waals surface area contributed by atoms with Crippen molar-refractivity contribution in [3.63, 3.8) is 0 Å². The van der Waals surface area contributed by atoms with Crippen LogP contribution in [0.1, 0.15) is 17.6 Å². The summed E-state index contributed by atoms with van der Waals surface area (Å²) in [6.07, 6.45) is -6.69. The molecular formula is C21H22F3N5O9PS2+. The number of aliphatic carboxylic acids is 1. The number of aromatic nitrogens is 1. The Labute approximate surface area is 235 Å². The highest BCUT2D eigenvalue weighted by atomic mass is 32.2. The summed E-state index contributed by atoms with van der Waals surface area (Å²) >= 11 is 0.943. The maximum absolute atomic E-state index is 13.1. The van der Waals surface area contributed by atoms with Gasteiger partial charge in [0.2, 0.25) is 6.23 Å². The molecule has 41 heavy (non-hydrogen) atoms. The van der Waals surface area contributed by atoms with Crippen molar-refractivity contribution < 1.29 is 54.9 Å². The first-order chi connectivity index (χ1) is 19.2. The summed E-state index contributed by atoms with van der Waals surface area (Å²) in [7, 11) is -7.42. The number of rotatable bonds is 12. The number of fused-ring (bicyclic) bond motifs is 1. The monoisotopic (exact) mass is 640 g/mol. The Morgan fingerprint density at radius 1 is 1.17 bits per heavy atom. The lowest BCUT2D eigenvalue weighted by Crippen LogP contribution is -2.29. The van der Waals surface area contributed by atoms with Crippen LogP contribution in [-0.4, -0.2) is 61.9 Å². The molecule has 2 unspecified atom stereocenters. The maximum Gasteiger partial charge on any atom is 0.696 e. The smallest absolute Gasteiger partial charge is 0.488 e. The molecule has 222 valence electrons. The molecule has 0 spiro atoms. The zero-order valence-corrected chi connectivity index (χ0v) is 23.1. The number of carboxylic acids is 1. The van der Waals surface area contributed by atoms with Gasteiger partial charge in [0.15, 0.2) is 11.5 Å². The van der Waals surface area contributed by atoms with Gasteiger partial charge in [-0.1, -0.05) is 10.6 Å². The summed E-state index contributed by atoms with van der Waals surface area (Å²) in [6.45, 7) is 1.01. The first kappa shape index (κ1) is 33.7. The molecule has 0 saturated heterocycles. The number of benzene rings is 1. The van der Waals surface area contributed by atoms with Crippen molar-refractivity contribution in [2.75, 3.05) is 26.3 Å². The van der Waals surface area contributed by atoms with Crippen LogP contribution in [0.5, 0.6) is 11.5 Å². The average molecular weight is 641 g/mol. The van der Waals surface area contributed by atoms with Crippen LogP contribution in [0.4, 0.5) is 13.2 Å². The van der Waals surface area contributed by atoms with E-state index in [1.807, 2.05) is 6.07 Å². The highest BCUT2D eigenvalue weighted by Gasteiger charge is 2.38. The molecule has 20 heteroatoms.